The number of aryl methyl sites for hydroxylation is 1. The van der Waals surface area contributed by atoms with Gasteiger partial charge in [0, 0.05) is 22.8 Å². The van der Waals surface area contributed by atoms with Crippen LogP contribution < -0.4 is 5.32 Å². The molecule has 148 valence electrons. The van der Waals surface area contributed by atoms with Gasteiger partial charge in [0.15, 0.2) is 4.96 Å². The maximum atomic E-state index is 12.4. The maximum absolute atomic E-state index is 12.4. The van der Waals surface area contributed by atoms with Gasteiger partial charge in [-0.3, -0.25) is 9.20 Å². The van der Waals surface area contributed by atoms with Crippen molar-refractivity contribution in [2.24, 2.45) is 5.92 Å². The predicted molar refractivity (Wildman–Crippen MR) is 111 cm³/mol. The zero-order valence-corrected chi connectivity index (χ0v) is 17.1. The van der Waals surface area contributed by atoms with Crippen LogP contribution in [0.4, 0.5) is 0 Å². The molecular formula is C21H25N3O3S. The lowest BCUT2D eigenvalue weighted by Crippen LogP contribution is -2.42. The molecule has 2 aromatic heterocycles. The first-order valence-corrected chi connectivity index (χ1v) is 10.3. The lowest BCUT2D eigenvalue weighted by molar-refractivity contribution is -0.142. The van der Waals surface area contributed by atoms with Crippen molar-refractivity contribution in [3.05, 3.63) is 47.1 Å². The number of nitrogens with one attached hydrogen (secondary N) is 1. The molecule has 3 aromatic rings. The van der Waals surface area contributed by atoms with Gasteiger partial charge in [0.05, 0.1) is 12.1 Å². The number of benzene rings is 1. The zero-order valence-electron chi connectivity index (χ0n) is 16.3. The van der Waals surface area contributed by atoms with Crippen molar-refractivity contribution in [1.29, 1.82) is 0 Å². The van der Waals surface area contributed by atoms with Gasteiger partial charge in [-0.25, -0.2) is 9.78 Å². The highest BCUT2D eigenvalue weighted by atomic mass is 32.1. The Hall–Kier alpha value is -2.67. The van der Waals surface area contributed by atoms with E-state index in [1.165, 1.54) is 16.9 Å². The minimum absolute atomic E-state index is 0.118. The number of imidazole rings is 1. The van der Waals surface area contributed by atoms with E-state index < -0.39 is 12.0 Å². The Morgan fingerprint density at radius 1 is 1.25 bits per heavy atom. The van der Waals surface area contributed by atoms with Gasteiger partial charge in [0.1, 0.15) is 6.04 Å². The fourth-order valence-corrected chi connectivity index (χ4v) is 3.98. The van der Waals surface area contributed by atoms with Gasteiger partial charge in [0.2, 0.25) is 5.91 Å². The Labute approximate surface area is 168 Å². The third-order valence-corrected chi connectivity index (χ3v) is 5.51. The number of hydrogen-bond donors (Lipinski definition) is 2. The number of amides is 1. The number of thiazole rings is 1. The quantitative estimate of drug-likeness (QED) is 0.604. The van der Waals surface area contributed by atoms with Gasteiger partial charge in [-0.1, -0.05) is 45.0 Å². The number of carboxylic acid groups (broad SMARTS) is 1. The normalized spacial score (nSPS) is 12.4. The van der Waals surface area contributed by atoms with E-state index in [1.807, 2.05) is 29.8 Å². The number of carbonyl (C=O) groups is 2. The Balaban J connectivity index is 1.75. The molecule has 0 aliphatic heterocycles. The van der Waals surface area contributed by atoms with Crippen LogP contribution in [0.25, 0.3) is 16.2 Å². The van der Waals surface area contributed by atoms with Crippen LogP contribution in [-0.4, -0.2) is 32.4 Å². The second kappa shape index (κ2) is 8.56. The second-order valence-corrected chi connectivity index (χ2v) is 8.16. The van der Waals surface area contributed by atoms with Gasteiger partial charge < -0.3 is 10.4 Å². The van der Waals surface area contributed by atoms with Gasteiger partial charge in [0.25, 0.3) is 0 Å². The number of carboxylic acids is 1. The summed E-state index contributed by atoms with van der Waals surface area (Å²) in [6.07, 6.45) is 3.44. The lowest BCUT2D eigenvalue weighted by atomic mass is 10.0. The van der Waals surface area contributed by atoms with E-state index in [-0.39, 0.29) is 18.2 Å². The van der Waals surface area contributed by atoms with Crippen LogP contribution in [0.5, 0.6) is 0 Å². The monoisotopic (exact) mass is 399 g/mol. The molecule has 0 radical (unpaired) electrons. The molecule has 0 fully saturated rings. The Bertz CT molecular complexity index is 973. The molecule has 6 nitrogen and oxygen atoms in total. The summed E-state index contributed by atoms with van der Waals surface area (Å²) in [6.45, 7) is 5.99. The highest BCUT2D eigenvalue weighted by molar-refractivity contribution is 7.15. The number of hydrogen-bond acceptors (Lipinski definition) is 4. The smallest absolute Gasteiger partial charge is 0.326 e. The van der Waals surface area contributed by atoms with Crippen molar-refractivity contribution < 1.29 is 14.7 Å². The molecule has 7 heteroatoms. The highest BCUT2D eigenvalue weighted by Crippen LogP contribution is 2.24. The molecule has 1 amide bonds. The van der Waals surface area contributed by atoms with Crippen LogP contribution in [0.1, 0.15) is 38.4 Å². The Morgan fingerprint density at radius 2 is 1.96 bits per heavy atom. The molecule has 3 rings (SSSR count). The zero-order chi connectivity index (χ0) is 20.3. The predicted octanol–water partition coefficient (Wildman–Crippen LogP) is 3.78. The molecule has 2 heterocycles. The third-order valence-electron chi connectivity index (χ3n) is 4.62. The number of aromatic nitrogens is 2. The van der Waals surface area contributed by atoms with Gasteiger partial charge >= 0.3 is 5.97 Å². The number of aliphatic carboxylic acids is 1. The van der Waals surface area contributed by atoms with Crippen LogP contribution in [0.15, 0.2) is 35.8 Å². The highest BCUT2D eigenvalue weighted by Gasteiger charge is 2.22. The second-order valence-electron chi connectivity index (χ2n) is 7.32. The molecule has 1 unspecified atom stereocenters. The number of nitrogens with zero attached hydrogens (tertiary/aromatic N) is 2. The summed E-state index contributed by atoms with van der Waals surface area (Å²) in [4.78, 5) is 29.2. The van der Waals surface area contributed by atoms with Crippen molar-refractivity contribution >= 4 is 28.2 Å². The van der Waals surface area contributed by atoms with Gasteiger partial charge in [-0.15, -0.1) is 11.3 Å². The van der Waals surface area contributed by atoms with Crippen LogP contribution in [0.2, 0.25) is 0 Å². The van der Waals surface area contributed by atoms with E-state index in [0.29, 0.717) is 6.42 Å². The van der Waals surface area contributed by atoms with Crippen molar-refractivity contribution in [2.45, 2.75) is 46.1 Å². The third kappa shape index (κ3) is 4.59. The maximum Gasteiger partial charge on any atom is 0.326 e. The Morgan fingerprint density at radius 3 is 2.57 bits per heavy atom. The number of rotatable bonds is 8. The van der Waals surface area contributed by atoms with Gasteiger partial charge in [-0.2, -0.15) is 0 Å². The first kappa shape index (κ1) is 20.1. The minimum atomic E-state index is -1.00. The first-order valence-electron chi connectivity index (χ1n) is 9.44. The van der Waals surface area contributed by atoms with Crippen LogP contribution in [-0.2, 0) is 22.4 Å². The minimum Gasteiger partial charge on any atom is -0.480 e. The summed E-state index contributed by atoms with van der Waals surface area (Å²) >= 11 is 1.47. The average Bonchev–Trinajstić information content (AvgIpc) is 3.23. The molecule has 2 N–H and O–H groups in total. The van der Waals surface area contributed by atoms with Crippen LogP contribution in [0, 0.1) is 5.92 Å². The topological polar surface area (TPSA) is 83.7 Å². The van der Waals surface area contributed by atoms with Crippen molar-refractivity contribution in [3.63, 3.8) is 0 Å². The summed E-state index contributed by atoms with van der Waals surface area (Å²) in [6, 6.07) is 7.44. The largest absolute Gasteiger partial charge is 0.480 e. The molecule has 1 atom stereocenters. The summed E-state index contributed by atoms with van der Waals surface area (Å²) in [7, 11) is 0. The van der Waals surface area contributed by atoms with Crippen molar-refractivity contribution in [1.82, 2.24) is 14.7 Å². The SMILES string of the molecule is CCc1ccc(-c2cn3c(CC(=O)NC(CC(C)C)C(=O)O)csc3n2)cc1. The molecule has 0 saturated carbocycles. The van der Waals surface area contributed by atoms with E-state index in [4.69, 9.17) is 0 Å². The lowest BCUT2D eigenvalue weighted by Gasteiger charge is -2.16. The summed E-state index contributed by atoms with van der Waals surface area (Å²) < 4.78 is 1.91. The molecule has 0 aliphatic carbocycles. The molecule has 0 aliphatic rings. The average molecular weight is 400 g/mol. The molecule has 0 bridgehead atoms. The van der Waals surface area contributed by atoms with E-state index >= 15 is 0 Å². The van der Waals surface area contributed by atoms with Crippen molar-refractivity contribution in [3.8, 4) is 11.3 Å². The standard InChI is InChI=1S/C21H25N3O3S/c1-4-14-5-7-15(8-6-14)18-11-24-16(12-28-21(24)23-18)10-19(25)22-17(20(26)27)9-13(2)3/h5-8,11-13,17H,4,9-10H2,1-3H3,(H,22,25)(H,26,27). The first-order chi connectivity index (χ1) is 13.4. The van der Waals surface area contributed by atoms with E-state index in [0.717, 1.165) is 28.3 Å². The number of fused-ring (bicyclic) bond motifs is 1. The molecule has 28 heavy (non-hydrogen) atoms. The fourth-order valence-electron chi connectivity index (χ4n) is 3.11. The molecule has 1 aromatic carbocycles. The van der Waals surface area contributed by atoms with Gasteiger partial charge in [-0.05, 0) is 24.3 Å². The van der Waals surface area contributed by atoms with Crippen LogP contribution >= 0.6 is 11.3 Å². The van der Waals surface area contributed by atoms with E-state index in [1.54, 1.807) is 0 Å². The Kier molecular flexibility index (Phi) is 6.14. The molecule has 0 spiro atoms. The van der Waals surface area contributed by atoms with E-state index in [9.17, 15) is 14.7 Å². The van der Waals surface area contributed by atoms with Crippen LogP contribution in [0.3, 0.4) is 0 Å². The summed E-state index contributed by atoms with van der Waals surface area (Å²) in [5.41, 5.74) is 3.97. The summed E-state index contributed by atoms with van der Waals surface area (Å²) in [5.74, 6) is -1.11. The molecular weight excluding hydrogens is 374 g/mol. The fraction of sp³-hybridized carbons (Fsp3) is 0.381. The number of carbonyl (C=O) groups excluding carboxylic acids is 1. The van der Waals surface area contributed by atoms with E-state index in [2.05, 4.69) is 41.5 Å². The molecule has 0 saturated heterocycles. The summed E-state index contributed by atoms with van der Waals surface area (Å²) in [5, 5.41) is 13.8. The van der Waals surface area contributed by atoms with Crippen molar-refractivity contribution in [2.75, 3.05) is 0 Å².